The summed E-state index contributed by atoms with van der Waals surface area (Å²) in [7, 11) is 0. The van der Waals surface area contributed by atoms with Crippen molar-refractivity contribution in [1.29, 1.82) is 0 Å². The Bertz CT molecular complexity index is 586. The van der Waals surface area contributed by atoms with Gasteiger partial charge >= 0.3 is 0 Å². The van der Waals surface area contributed by atoms with Gasteiger partial charge in [-0.25, -0.2) is 0 Å². The lowest BCUT2D eigenvalue weighted by atomic mass is 10.1. The molecule has 0 aliphatic heterocycles. The molecule has 20 heavy (non-hydrogen) atoms. The van der Waals surface area contributed by atoms with Crippen LogP contribution < -0.4 is 4.57 Å². The van der Waals surface area contributed by atoms with Crippen molar-refractivity contribution in [2.24, 2.45) is 0 Å². The standard InChI is InChI=1S/C18H17N2/c1-2-6-16(7-3-1)14-17-9-12-20(13-10-17)15-18-8-4-5-11-19-18/h1-13H,14-15H2/q+1. The Hall–Kier alpha value is -2.48. The zero-order chi connectivity index (χ0) is 13.6. The van der Waals surface area contributed by atoms with Crippen LogP contribution in [0.1, 0.15) is 16.8 Å². The Balaban J connectivity index is 1.69. The summed E-state index contributed by atoms with van der Waals surface area (Å²) in [5, 5.41) is 0. The van der Waals surface area contributed by atoms with E-state index in [-0.39, 0.29) is 0 Å². The average molecular weight is 261 g/mol. The predicted octanol–water partition coefficient (Wildman–Crippen LogP) is 3.01. The first-order valence-electron chi connectivity index (χ1n) is 6.82. The van der Waals surface area contributed by atoms with Crippen molar-refractivity contribution in [1.82, 2.24) is 4.98 Å². The van der Waals surface area contributed by atoms with Gasteiger partial charge in [0.2, 0.25) is 0 Å². The third-order valence-electron chi connectivity index (χ3n) is 3.28. The van der Waals surface area contributed by atoms with E-state index in [0.717, 1.165) is 18.7 Å². The lowest BCUT2D eigenvalue weighted by Crippen LogP contribution is -2.33. The number of nitrogens with zero attached hydrogens (tertiary/aromatic N) is 2. The minimum Gasteiger partial charge on any atom is -0.255 e. The quantitative estimate of drug-likeness (QED) is 0.660. The number of benzene rings is 1. The maximum absolute atomic E-state index is 4.34. The molecule has 0 radical (unpaired) electrons. The number of pyridine rings is 2. The summed E-state index contributed by atoms with van der Waals surface area (Å²) in [5.74, 6) is 0. The van der Waals surface area contributed by atoms with Gasteiger partial charge in [0.05, 0.1) is 0 Å². The summed E-state index contributed by atoms with van der Waals surface area (Å²) in [6.07, 6.45) is 7.05. The second kappa shape index (κ2) is 6.11. The van der Waals surface area contributed by atoms with E-state index < -0.39 is 0 Å². The predicted molar refractivity (Wildman–Crippen MR) is 79.2 cm³/mol. The number of aromatic nitrogens is 2. The molecule has 0 atom stereocenters. The van der Waals surface area contributed by atoms with E-state index in [0.29, 0.717) is 0 Å². The Morgan fingerprint density at radius 1 is 0.750 bits per heavy atom. The maximum Gasteiger partial charge on any atom is 0.190 e. The average Bonchev–Trinajstić information content (AvgIpc) is 2.51. The van der Waals surface area contributed by atoms with Crippen molar-refractivity contribution in [2.45, 2.75) is 13.0 Å². The molecule has 3 aromatic rings. The molecule has 0 aliphatic carbocycles. The normalized spacial score (nSPS) is 10.4. The first-order valence-corrected chi connectivity index (χ1v) is 6.82. The molecule has 0 aliphatic rings. The van der Waals surface area contributed by atoms with Gasteiger partial charge in [-0.2, -0.15) is 4.57 Å². The highest BCUT2D eigenvalue weighted by Crippen LogP contribution is 2.07. The van der Waals surface area contributed by atoms with Crippen LogP contribution >= 0.6 is 0 Å². The molecule has 3 rings (SSSR count). The van der Waals surface area contributed by atoms with Gasteiger partial charge in [-0.15, -0.1) is 0 Å². The monoisotopic (exact) mass is 261 g/mol. The van der Waals surface area contributed by atoms with E-state index in [1.807, 2.05) is 24.4 Å². The van der Waals surface area contributed by atoms with Crippen molar-refractivity contribution < 1.29 is 4.57 Å². The molecule has 0 saturated carbocycles. The highest BCUT2D eigenvalue weighted by molar-refractivity contribution is 5.23. The Morgan fingerprint density at radius 3 is 2.15 bits per heavy atom. The van der Waals surface area contributed by atoms with Crippen LogP contribution in [0.25, 0.3) is 0 Å². The zero-order valence-corrected chi connectivity index (χ0v) is 11.3. The summed E-state index contributed by atoms with van der Waals surface area (Å²) in [4.78, 5) is 4.34. The van der Waals surface area contributed by atoms with Gasteiger partial charge in [0.25, 0.3) is 0 Å². The Morgan fingerprint density at radius 2 is 1.45 bits per heavy atom. The third kappa shape index (κ3) is 3.29. The summed E-state index contributed by atoms with van der Waals surface area (Å²) in [6, 6.07) is 20.9. The largest absolute Gasteiger partial charge is 0.255 e. The van der Waals surface area contributed by atoms with E-state index in [9.17, 15) is 0 Å². The molecule has 1 aromatic carbocycles. The van der Waals surface area contributed by atoms with Crippen LogP contribution in [0.15, 0.2) is 79.3 Å². The van der Waals surface area contributed by atoms with Gasteiger partial charge in [0.15, 0.2) is 18.9 Å². The number of hydrogen-bond acceptors (Lipinski definition) is 1. The highest BCUT2D eigenvalue weighted by atomic mass is 14.9. The van der Waals surface area contributed by atoms with Crippen LogP contribution in [-0.4, -0.2) is 4.98 Å². The topological polar surface area (TPSA) is 16.8 Å². The molecule has 0 unspecified atom stereocenters. The van der Waals surface area contributed by atoms with Crippen LogP contribution in [0.4, 0.5) is 0 Å². The fourth-order valence-electron chi connectivity index (χ4n) is 2.22. The second-order valence-electron chi connectivity index (χ2n) is 4.86. The van der Waals surface area contributed by atoms with Gasteiger partial charge in [-0.1, -0.05) is 36.4 Å². The molecule has 0 N–H and O–H groups in total. The summed E-state index contributed by atoms with van der Waals surface area (Å²) >= 11 is 0. The van der Waals surface area contributed by atoms with Crippen LogP contribution in [-0.2, 0) is 13.0 Å². The van der Waals surface area contributed by atoms with Gasteiger partial charge in [-0.05, 0) is 29.7 Å². The minimum absolute atomic E-state index is 0.812. The second-order valence-corrected chi connectivity index (χ2v) is 4.86. The Kier molecular flexibility index (Phi) is 3.83. The van der Waals surface area contributed by atoms with Crippen LogP contribution in [0, 0.1) is 0 Å². The fraction of sp³-hybridized carbons (Fsp3) is 0.111. The lowest BCUT2D eigenvalue weighted by Gasteiger charge is -2.01. The molecule has 0 bridgehead atoms. The van der Waals surface area contributed by atoms with Gasteiger partial charge in [-0.3, -0.25) is 4.98 Å². The van der Waals surface area contributed by atoms with Crippen molar-refractivity contribution in [3.63, 3.8) is 0 Å². The smallest absolute Gasteiger partial charge is 0.190 e. The molecule has 2 aromatic heterocycles. The van der Waals surface area contributed by atoms with Crippen molar-refractivity contribution in [2.75, 3.05) is 0 Å². The summed E-state index contributed by atoms with van der Waals surface area (Å²) in [5.41, 5.74) is 3.75. The van der Waals surface area contributed by atoms with Crippen molar-refractivity contribution in [3.8, 4) is 0 Å². The Labute approximate surface area is 119 Å². The van der Waals surface area contributed by atoms with E-state index >= 15 is 0 Å². The summed E-state index contributed by atoms with van der Waals surface area (Å²) in [6.45, 7) is 0.812. The fourth-order valence-corrected chi connectivity index (χ4v) is 2.22. The van der Waals surface area contributed by atoms with Crippen molar-refractivity contribution in [3.05, 3.63) is 96.1 Å². The molecule has 0 saturated heterocycles. The minimum atomic E-state index is 0.812. The number of hydrogen-bond donors (Lipinski definition) is 0. The SMILES string of the molecule is c1ccc(Cc2cc[n+](Cc3ccccn3)cc2)cc1. The molecular formula is C18H17N2+. The lowest BCUT2D eigenvalue weighted by molar-refractivity contribution is -0.688. The van der Waals surface area contributed by atoms with Crippen LogP contribution in [0.2, 0.25) is 0 Å². The molecule has 0 fully saturated rings. The molecule has 0 spiro atoms. The summed E-state index contributed by atoms with van der Waals surface area (Å²) < 4.78 is 2.15. The maximum atomic E-state index is 4.34. The zero-order valence-electron chi connectivity index (χ0n) is 11.3. The van der Waals surface area contributed by atoms with Crippen LogP contribution in [0.5, 0.6) is 0 Å². The first kappa shape index (κ1) is 12.5. The number of rotatable bonds is 4. The molecule has 2 heteroatoms. The molecule has 2 heterocycles. The van der Waals surface area contributed by atoms with Crippen molar-refractivity contribution >= 4 is 0 Å². The van der Waals surface area contributed by atoms with E-state index in [1.54, 1.807) is 0 Å². The van der Waals surface area contributed by atoms with Crippen LogP contribution in [0.3, 0.4) is 0 Å². The molecule has 2 nitrogen and oxygen atoms in total. The molecule has 98 valence electrons. The third-order valence-corrected chi connectivity index (χ3v) is 3.28. The van der Waals surface area contributed by atoms with Gasteiger partial charge in [0.1, 0.15) is 5.69 Å². The highest BCUT2D eigenvalue weighted by Gasteiger charge is 2.04. The molecular weight excluding hydrogens is 244 g/mol. The van der Waals surface area contributed by atoms with E-state index in [4.69, 9.17) is 0 Å². The first-order chi connectivity index (χ1) is 9.90. The van der Waals surface area contributed by atoms with E-state index in [2.05, 4.69) is 64.4 Å². The van der Waals surface area contributed by atoms with Gasteiger partial charge in [0, 0.05) is 18.3 Å². The van der Waals surface area contributed by atoms with Gasteiger partial charge < -0.3 is 0 Å². The van der Waals surface area contributed by atoms with E-state index in [1.165, 1.54) is 11.1 Å². The molecule has 0 amide bonds.